The lowest BCUT2D eigenvalue weighted by Crippen LogP contribution is -1.98. The molecule has 0 saturated heterocycles. The summed E-state index contributed by atoms with van der Waals surface area (Å²) < 4.78 is 6.10. The van der Waals surface area contributed by atoms with Gasteiger partial charge in [-0.2, -0.15) is 0 Å². The Balaban J connectivity index is 1.36. The molecule has 2 heterocycles. The molecular weight excluding hydrogens is 558 g/mol. The van der Waals surface area contributed by atoms with Crippen LogP contribution in [-0.2, 0) is 0 Å². The molecule has 0 unspecified atom stereocenters. The van der Waals surface area contributed by atoms with Crippen LogP contribution in [0.5, 0.6) is 0 Å². The van der Waals surface area contributed by atoms with Crippen LogP contribution in [0.4, 0.5) is 0 Å². The van der Waals surface area contributed by atoms with Crippen molar-refractivity contribution in [2.24, 2.45) is 0 Å². The van der Waals surface area contributed by atoms with Crippen LogP contribution in [0.3, 0.4) is 0 Å². The van der Waals surface area contributed by atoms with Gasteiger partial charge in [0.2, 0.25) is 0 Å². The highest BCUT2D eigenvalue weighted by molar-refractivity contribution is 9.10. The number of nitrogens with zero attached hydrogens (tertiary/aromatic N) is 1. The van der Waals surface area contributed by atoms with Crippen molar-refractivity contribution in [2.45, 2.75) is 0 Å². The Morgan fingerprint density at radius 1 is 0.590 bits per heavy atom. The highest BCUT2D eigenvalue weighted by Crippen LogP contribution is 2.41. The maximum absolute atomic E-state index is 3.61. The Kier molecular flexibility index (Phi) is 5.13. The standard InChI is InChI=1S/C36H20BrNS/c37-27-11-6-10-25(21-27)23-8-5-9-24(20-23)26-18-19-32-30(22-26)28-12-1-3-14-31(28)38(32)33-15-7-17-35-36(33)29-13-2-4-16-34(29)39-35/h2,4-22H. The number of hydrogen-bond donors (Lipinski definition) is 0. The number of fused-ring (bicyclic) bond motifs is 6. The summed E-state index contributed by atoms with van der Waals surface area (Å²) in [6, 6.07) is 39.4. The molecule has 0 saturated carbocycles. The van der Waals surface area contributed by atoms with Gasteiger partial charge in [0, 0.05) is 41.7 Å². The highest BCUT2D eigenvalue weighted by Gasteiger charge is 2.20. The van der Waals surface area contributed by atoms with Crippen LogP contribution in [0.25, 0.3) is 71.2 Å². The highest BCUT2D eigenvalue weighted by atomic mass is 79.9. The normalized spacial score (nSPS) is 12.1. The van der Waals surface area contributed by atoms with E-state index in [2.05, 4.69) is 153 Å². The fourth-order valence-corrected chi connectivity index (χ4v) is 7.31. The Bertz CT molecular complexity index is 2210. The molecule has 0 bridgehead atoms. The lowest BCUT2D eigenvalue weighted by Gasteiger charge is -2.12. The van der Waals surface area contributed by atoms with Crippen LogP contribution in [0, 0.1) is 0 Å². The van der Waals surface area contributed by atoms with Gasteiger partial charge in [-0.05, 0) is 76.9 Å². The van der Waals surface area contributed by atoms with Crippen molar-refractivity contribution in [3.63, 3.8) is 0 Å². The average Bonchev–Trinajstić information content (AvgIpc) is 3.53. The maximum Gasteiger partial charge on any atom is 0.0631 e. The Morgan fingerprint density at radius 3 is 2.18 bits per heavy atom. The van der Waals surface area contributed by atoms with E-state index >= 15 is 0 Å². The molecule has 182 valence electrons. The smallest absolute Gasteiger partial charge is 0.0631 e. The minimum absolute atomic E-state index is 1.08. The van der Waals surface area contributed by atoms with Crippen LogP contribution >= 0.6 is 27.3 Å². The topological polar surface area (TPSA) is 4.93 Å². The summed E-state index contributed by atoms with van der Waals surface area (Å²) in [6.45, 7) is 0. The molecule has 1 aliphatic carbocycles. The molecule has 0 aliphatic heterocycles. The second-order valence-electron chi connectivity index (χ2n) is 9.78. The zero-order valence-corrected chi connectivity index (χ0v) is 23.2. The third-order valence-electron chi connectivity index (χ3n) is 7.53. The van der Waals surface area contributed by atoms with Crippen LogP contribution in [0.2, 0.25) is 0 Å². The SMILES string of the molecule is Brc1cccc(-c2cccc(-c3ccc4c(c3)c3c(n4-c4cccc5sc6ccccc6c45)C=C=C=C3)c2)c1. The summed E-state index contributed by atoms with van der Waals surface area (Å²) in [6.07, 6.45) is 4.14. The van der Waals surface area contributed by atoms with Crippen molar-refractivity contribution in [3.8, 4) is 27.9 Å². The number of benzene rings is 5. The molecule has 1 aliphatic rings. The van der Waals surface area contributed by atoms with Crippen molar-refractivity contribution in [2.75, 3.05) is 0 Å². The van der Waals surface area contributed by atoms with Crippen molar-refractivity contribution in [1.82, 2.24) is 4.57 Å². The molecule has 3 heteroatoms. The first-order chi connectivity index (χ1) is 19.2. The second-order valence-corrected chi connectivity index (χ2v) is 11.8. The van der Waals surface area contributed by atoms with E-state index in [1.165, 1.54) is 64.6 Å². The summed E-state index contributed by atoms with van der Waals surface area (Å²) in [5.74, 6) is 0. The molecule has 0 fully saturated rings. The zero-order chi connectivity index (χ0) is 25.9. The summed E-state index contributed by atoms with van der Waals surface area (Å²) in [5, 5.41) is 3.82. The van der Waals surface area contributed by atoms with Crippen molar-refractivity contribution < 1.29 is 0 Å². The third kappa shape index (κ3) is 3.61. The second kappa shape index (κ2) is 8.85. The van der Waals surface area contributed by atoms with Crippen molar-refractivity contribution >= 4 is 70.5 Å². The first kappa shape index (κ1) is 22.6. The molecule has 7 aromatic rings. The van der Waals surface area contributed by atoms with Gasteiger partial charge >= 0.3 is 0 Å². The number of thiophene rings is 1. The van der Waals surface area contributed by atoms with Gasteiger partial charge in [-0.25, -0.2) is 0 Å². The van der Waals surface area contributed by atoms with E-state index < -0.39 is 0 Å². The lowest BCUT2D eigenvalue weighted by molar-refractivity contribution is 1.12. The lowest BCUT2D eigenvalue weighted by atomic mass is 9.97. The predicted octanol–water partition coefficient (Wildman–Crippen LogP) is 10.9. The molecule has 0 N–H and O–H groups in total. The fourth-order valence-electron chi connectivity index (χ4n) is 5.78. The largest absolute Gasteiger partial charge is 0.308 e. The van der Waals surface area contributed by atoms with E-state index in [0.717, 1.165) is 10.2 Å². The Labute approximate surface area is 238 Å². The van der Waals surface area contributed by atoms with Crippen LogP contribution in [0.1, 0.15) is 11.3 Å². The summed E-state index contributed by atoms with van der Waals surface area (Å²) in [7, 11) is 0. The summed E-state index contributed by atoms with van der Waals surface area (Å²) >= 11 is 5.47. The molecule has 0 amide bonds. The van der Waals surface area contributed by atoms with Gasteiger partial charge in [0.15, 0.2) is 0 Å². The molecule has 5 aromatic carbocycles. The molecule has 0 spiro atoms. The van der Waals surface area contributed by atoms with E-state index in [-0.39, 0.29) is 0 Å². The quantitative estimate of drug-likeness (QED) is 0.184. The van der Waals surface area contributed by atoms with Gasteiger partial charge in [-0.3, -0.25) is 0 Å². The first-order valence-corrected chi connectivity index (χ1v) is 14.5. The third-order valence-corrected chi connectivity index (χ3v) is 9.16. The molecule has 0 radical (unpaired) electrons. The monoisotopic (exact) mass is 577 g/mol. The van der Waals surface area contributed by atoms with Gasteiger partial charge < -0.3 is 4.57 Å². The average molecular weight is 579 g/mol. The number of hydrogen-bond acceptors (Lipinski definition) is 1. The van der Waals surface area contributed by atoms with Crippen LogP contribution in [-0.4, -0.2) is 4.57 Å². The summed E-state index contributed by atoms with van der Waals surface area (Å²) in [4.78, 5) is 0. The van der Waals surface area contributed by atoms with E-state index in [0.29, 0.717) is 0 Å². The minimum atomic E-state index is 1.08. The number of halogens is 1. The van der Waals surface area contributed by atoms with E-state index in [1.807, 2.05) is 11.3 Å². The Hall–Kier alpha value is -4.36. The van der Waals surface area contributed by atoms with Gasteiger partial charge in [0.05, 0.1) is 16.9 Å². The van der Waals surface area contributed by atoms with E-state index in [9.17, 15) is 0 Å². The zero-order valence-electron chi connectivity index (χ0n) is 20.8. The molecule has 39 heavy (non-hydrogen) atoms. The maximum atomic E-state index is 3.61. The van der Waals surface area contributed by atoms with E-state index in [4.69, 9.17) is 0 Å². The Morgan fingerprint density at radius 2 is 1.31 bits per heavy atom. The molecule has 1 nitrogen and oxygen atoms in total. The molecular formula is C36H20BrNS. The van der Waals surface area contributed by atoms with Crippen LogP contribution in [0.15, 0.2) is 125 Å². The molecule has 8 rings (SSSR count). The predicted molar refractivity (Wildman–Crippen MR) is 171 cm³/mol. The van der Waals surface area contributed by atoms with Gasteiger partial charge in [0.1, 0.15) is 0 Å². The summed E-state index contributed by atoms with van der Waals surface area (Å²) in [5.41, 5.74) is 15.9. The van der Waals surface area contributed by atoms with Crippen molar-refractivity contribution in [1.29, 1.82) is 0 Å². The minimum Gasteiger partial charge on any atom is -0.308 e. The van der Waals surface area contributed by atoms with Crippen LogP contribution < -0.4 is 0 Å². The number of rotatable bonds is 3. The van der Waals surface area contributed by atoms with Crippen molar-refractivity contribution in [3.05, 3.63) is 136 Å². The van der Waals surface area contributed by atoms with Gasteiger partial charge in [-0.15, -0.1) is 11.3 Å². The van der Waals surface area contributed by atoms with Gasteiger partial charge in [0.25, 0.3) is 0 Å². The number of aromatic nitrogens is 1. The molecule has 0 atom stereocenters. The molecule has 2 aromatic heterocycles. The fraction of sp³-hybridized carbons (Fsp3) is 0. The van der Waals surface area contributed by atoms with E-state index in [1.54, 1.807) is 0 Å². The first-order valence-electron chi connectivity index (χ1n) is 12.9. The van der Waals surface area contributed by atoms with Gasteiger partial charge in [-0.1, -0.05) is 88.1 Å².